The Bertz CT molecular complexity index is 2840. The number of nitrogens with one attached hydrogen (secondary N) is 2. The molecule has 0 bridgehead atoms. The molecule has 7 rings (SSSR count). The second-order valence-corrected chi connectivity index (χ2v) is 22.4. The van der Waals surface area contributed by atoms with Crippen LogP contribution in [-0.4, -0.2) is 201 Å². The number of nitrogens with zero attached hydrogens (tertiary/aromatic N) is 8. The monoisotopic (exact) mass is 1220 g/mol. The number of aromatic nitrogens is 2. The van der Waals surface area contributed by atoms with Gasteiger partial charge in [0, 0.05) is 115 Å². The van der Waals surface area contributed by atoms with Gasteiger partial charge in [-0.25, -0.2) is 27.1 Å². The van der Waals surface area contributed by atoms with E-state index in [-0.39, 0.29) is 42.2 Å². The van der Waals surface area contributed by atoms with Crippen LogP contribution in [0.5, 0.6) is 0 Å². The third-order valence-corrected chi connectivity index (χ3v) is 15.7. The lowest BCUT2D eigenvalue weighted by Gasteiger charge is -2.40. The third-order valence-electron chi connectivity index (χ3n) is 15.7. The zero-order valence-corrected chi connectivity index (χ0v) is 54.9. The van der Waals surface area contributed by atoms with Crippen LogP contribution < -0.4 is 21.3 Å². The van der Waals surface area contributed by atoms with Gasteiger partial charge in [0.2, 0.25) is 12.3 Å². The second kappa shape index (κ2) is 40.6. The van der Waals surface area contributed by atoms with E-state index in [1.807, 2.05) is 47.7 Å². The molecule has 486 valence electrons. The maximum atomic E-state index is 15.3. The van der Waals surface area contributed by atoms with E-state index >= 15 is 13.2 Å². The quantitative estimate of drug-likeness (QED) is 0.0734. The maximum absolute atomic E-state index is 15.3. The van der Waals surface area contributed by atoms with Crippen LogP contribution in [-0.2, 0) is 17.6 Å². The van der Waals surface area contributed by atoms with Crippen LogP contribution in [0.2, 0.25) is 0 Å². The molecule has 0 saturated carbocycles. The molecule has 0 aliphatic carbocycles. The highest BCUT2D eigenvalue weighted by Gasteiger charge is 2.32. The van der Waals surface area contributed by atoms with Gasteiger partial charge in [-0.1, -0.05) is 118 Å². The summed E-state index contributed by atoms with van der Waals surface area (Å²) >= 11 is 0. The fraction of sp³-hybridized carbons (Fsp3) is 0.603. The number of piperazine rings is 2. The molecule has 14 nitrogen and oxygen atoms in total. The van der Waals surface area contributed by atoms with Crippen LogP contribution in [0, 0.1) is 29.3 Å². The van der Waals surface area contributed by atoms with E-state index in [0.29, 0.717) is 98.5 Å². The summed E-state index contributed by atoms with van der Waals surface area (Å²) in [7, 11) is 6.33. The smallest absolute Gasteiger partial charge is 0.271 e. The Morgan fingerprint density at radius 2 is 1.34 bits per heavy atom. The first-order chi connectivity index (χ1) is 41.9. The van der Waals surface area contributed by atoms with E-state index in [0.717, 1.165) is 56.0 Å². The SMILES string of the molecule is C/C=c1/c(=O)[nH]nc(Cc2ccc(F)c(C(=O)N3CCN(C(=O)CN4CCN(CC5CCN(C(=O)c6c(F)cc(-c7cccc(CC(F)F)c7)cc6F)CC5)CC4)CC3)c2)/c1=C/CC.CC.CC.CCC.CCC(CCNC)CN(CC)CCN(C)C. The van der Waals surface area contributed by atoms with Gasteiger partial charge in [-0.3, -0.25) is 24.1 Å². The molecule has 3 aromatic carbocycles. The van der Waals surface area contributed by atoms with E-state index in [9.17, 15) is 28.0 Å². The van der Waals surface area contributed by atoms with Crippen LogP contribution >= 0.6 is 0 Å². The zero-order valence-electron chi connectivity index (χ0n) is 54.9. The molecule has 3 amide bonds. The van der Waals surface area contributed by atoms with E-state index < -0.39 is 47.7 Å². The number of likely N-dealkylation sites (N-methyl/N-ethyl adjacent to an activating group) is 2. The van der Waals surface area contributed by atoms with Crippen molar-refractivity contribution in [3.8, 4) is 11.1 Å². The van der Waals surface area contributed by atoms with Crippen LogP contribution in [0.15, 0.2) is 59.4 Å². The lowest BCUT2D eigenvalue weighted by molar-refractivity contribution is -0.134. The Labute approximate surface area is 517 Å². The van der Waals surface area contributed by atoms with E-state index in [2.05, 4.69) is 76.9 Å². The molecule has 4 aromatic rings. The van der Waals surface area contributed by atoms with Gasteiger partial charge in [0.1, 0.15) is 23.0 Å². The Morgan fingerprint density at radius 1 is 0.736 bits per heavy atom. The highest BCUT2D eigenvalue weighted by atomic mass is 19.3. The number of carbonyl (C=O) groups is 3. The van der Waals surface area contributed by atoms with Crippen molar-refractivity contribution in [1.29, 1.82) is 0 Å². The van der Waals surface area contributed by atoms with Gasteiger partial charge in [-0.2, -0.15) is 5.10 Å². The largest absolute Gasteiger partial charge is 0.338 e. The molecule has 19 heteroatoms. The number of rotatable bonds is 22. The minimum Gasteiger partial charge on any atom is -0.338 e. The Kier molecular flexibility index (Phi) is 35.2. The van der Waals surface area contributed by atoms with Crippen molar-refractivity contribution >= 4 is 29.9 Å². The van der Waals surface area contributed by atoms with Gasteiger partial charge < -0.3 is 34.7 Å². The fourth-order valence-corrected chi connectivity index (χ4v) is 10.9. The van der Waals surface area contributed by atoms with Crippen LogP contribution in [0.3, 0.4) is 0 Å². The molecule has 1 aromatic heterocycles. The van der Waals surface area contributed by atoms with Gasteiger partial charge in [0.15, 0.2) is 0 Å². The predicted molar refractivity (Wildman–Crippen MR) is 345 cm³/mol. The normalized spacial score (nSPS) is 15.7. The highest BCUT2D eigenvalue weighted by molar-refractivity contribution is 5.96. The Balaban J connectivity index is 0.000000735. The number of hydrogen-bond donors (Lipinski definition) is 2. The molecule has 1 atom stereocenters. The van der Waals surface area contributed by atoms with Crippen molar-refractivity contribution in [2.75, 3.05) is 132 Å². The molecular formula is C68H105F5N10O4. The Morgan fingerprint density at radius 3 is 1.91 bits per heavy atom. The van der Waals surface area contributed by atoms with Crippen LogP contribution in [0.1, 0.15) is 145 Å². The first kappa shape index (κ1) is 75.4. The molecular weight excluding hydrogens is 1120 g/mol. The number of piperidine rings is 1. The topological polar surface area (TPSA) is 132 Å². The number of alkyl halides is 2. The molecule has 87 heavy (non-hydrogen) atoms. The van der Waals surface area contributed by atoms with Crippen LogP contribution in [0.4, 0.5) is 22.0 Å². The minimum absolute atomic E-state index is 0.0240. The molecule has 3 saturated heterocycles. The van der Waals surface area contributed by atoms with Gasteiger partial charge >= 0.3 is 0 Å². The molecule has 4 heterocycles. The summed E-state index contributed by atoms with van der Waals surface area (Å²) in [5.41, 5.74) is 1.24. The van der Waals surface area contributed by atoms with E-state index in [1.165, 1.54) is 68.1 Å². The summed E-state index contributed by atoms with van der Waals surface area (Å²) in [4.78, 5) is 66.6. The molecule has 0 spiro atoms. The lowest BCUT2D eigenvalue weighted by atomic mass is 9.95. The van der Waals surface area contributed by atoms with Crippen LogP contribution in [0.25, 0.3) is 23.3 Å². The number of halogens is 5. The summed E-state index contributed by atoms with van der Waals surface area (Å²) in [6.07, 6.45) is 6.82. The number of carbonyl (C=O) groups excluding carboxylic acids is 3. The molecule has 2 N–H and O–H groups in total. The van der Waals surface area contributed by atoms with Gasteiger partial charge in [-0.15, -0.1) is 0 Å². The summed E-state index contributed by atoms with van der Waals surface area (Å²) in [6.45, 7) is 32.4. The van der Waals surface area contributed by atoms with Crippen molar-refractivity contribution in [1.82, 2.24) is 49.8 Å². The maximum Gasteiger partial charge on any atom is 0.271 e. The summed E-state index contributed by atoms with van der Waals surface area (Å²) in [5.74, 6) is -2.66. The van der Waals surface area contributed by atoms with Crippen molar-refractivity contribution in [3.05, 3.63) is 121 Å². The predicted octanol–water partition coefficient (Wildman–Crippen LogP) is 9.67. The molecule has 1 unspecified atom stereocenters. The van der Waals surface area contributed by atoms with Crippen molar-refractivity contribution in [2.24, 2.45) is 11.8 Å². The number of hydrogen-bond acceptors (Lipinski definition) is 10. The molecule has 3 aliphatic heterocycles. The molecule has 3 fully saturated rings. The number of H-pyrrole nitrogens is 1. The molecule has 0 radical (unpaired) electrons. The standard InChI is InChI=1S/C48H54F5N7O4.C13H31N3.C3H8.2C2H6/c1-3-6-37-36(4-2)46(62)55-54-42(37)25-33-9-10-39(49)38(24-33)47(63)60-21-19-58(20-22-60)44(61)30-57-17-15-56(16-18-57)29-31-11-13-59(14-12-31)48(64)45-40(50)27-35(28-41(45)51)34-8-5-7-32(23-34)26-43(52)53;1-6-13(8-9-14-3)12-16(7-2)11-10-15(4)5;1-3-2;2*1-2/h4-10,23-24,27-28,31,43H,3,11-22,25-26,29-30H2,1-2H3,(H,55,62);13-14H,6-12H2,1-5H3;3H2,1-2H3;2*1-2H3/b36-4+,37-6+;;;;. The Hall–Kier alpha value is -5.86. The average molecular weight is 1220 g/mol. The van der Waals surface area contributed by atoms with Crippen molar-refractivity contribution < 1.29 is 36.3 Å². The van der Waals surface area contributed by atoms with E-state index in [1.54, 1.807) is 41.0 Å². The molecule has 3 aliphatic rings. The summed E-state index contributed by atoms with van der Waals surface area (Å²) < 4.78 is 71.4. The summed E-state index contributed by atoms with van der Waals surface area (Å²) in [5, 5.41) is 11.3. The number of amides is 3. The van der Waals surface area contributed by atoms with Crippen molar-refractivity contribution in [2.45, 2.75) is 127 Å². The first-order valence-corrected chi connectivity index (χ1v) is 32.1. The van der Waals surface area contributed by atoms with Gasteiger partial charge in [-0.05, 0) is 125 Å². The number of benzene rings is 3. The number of aromatic amines is 1. The zero-order chi connectivity index (χ0) is 64.6. The third kappa shape index (κ3) is 24.2. The number of likely N-dealkylation sites (tertiary alicyclic amines) is 1. The fourth-order valence-electron chi connectivity index (χ4n) is 10.9. The van der Waals surface area contributed by atoms with E-state index in [4.69, 9.17) is 0 Å². The highest BCUT2D eigenvalue weighted by Crippen LogP contribution is 2.29. The van der Waals surface area contributed by atoms with Gasteiger partial charge in [0.05, 0.1) is 17.8 Å². The summed E-state index contributed by atoms with van der Waals surface area (Å²) in [6, 6.07) is 12.7. The van der Waals surface area contributed by atoms with Crippen molar-refractivity contribution in [3.63, 3.8) is 0 Å². The minimum atomic E-state index is -2.55. The second-order valence-electron chi connectivity index (χ2n) is 22.4. The van der Waals surface area contributed by atoms with Gasteiger partial charge in [0.25, 0.3) is 17.4 Å². The lowest BCUT2D eigenvalue weighted by Crippen LogP contribution is -2.55. The average Bonchev–Trinajstić information content (AvgIpc) is 2.56. The first-order valence-electron chi connectivity index (χ1n) is 32.1.